The molecule has 8 rings (SSSR count). The number of fused-ring (bicyclic) bond motifs is 3. The van der Waals surface area contributed by atoms with Crippen LogP contribution in [0.25, 0.3) is 33.4 Å². The SMILES string of the molecule is [2H]c1c([2H])c([2H])c(-c2cccc(-c3ccccc3Nc3ccc4c(c3)C(c3ccccc3)(c3ccccc3)c3ccccc3-4)c2)c([2H])c1[2H]. The van der Waals surface area contributed by atoms with E-state index >= 15 is 0 Å². The van der Waals surface area contributed by atoms with Crippen LogP contribution < -0.4 is 5.32 Å². The third-order valence-corrected chi connectivity index (χ3v) is 8.63. The first-order chi connectivity index (χ1) is 23.9. The maximum atomic E-state index is 8.52. The van der Waals surface area contributed by atoms with Crippen molar-refractivity contribution in [3.8, 4) is 33.4 Å². The van der Waals surface area contributed by atoms with Gasteiger partial charge in [0.2, 0.25) is 0 Å². The molecule has 0 aliphatic heterocycles. The molecule has 0 amide bonds. The zero-order chi connectivity index (χ0) is 33.7. The first kappa shape index (κ1) is 21.1. The number of hydrogen-bond donors (Lipinski definition) is 1. The van der Waals surface area contributed by atoms with E-state index in [-0.39, 0.29) is 29.7 Å². The van der Waals surface area contributed by atoms with Crippen LogP contribution in [0.3, 0.4) is 0 Å². The summed E-state index contributed by atoms with van der Waals surface area (Å²) in [5.41, 5.74) is 11.2. The van der Waals surface area contributed by atoms with Gasteiger partial charge in [0.05, 0.1) is 12.3 Å². The fraction of sp³-hybridized carbons (Fsp3) is 0.0233. The summed E-state index contributed by atoms with van der Waals surface area (Å²) in [6.07, 6.45) is 0. The van der Waals surface area contributed by atoms with Crippen molar-refractivity contribution in [3.63, 3.8) is 0 Å². The van der Waals surface area contributed by atoms with Crippen LogP contribution in [0.1, 0.15) is 29.1 Å². The van der Waals surface area contributed by atoms with E-state index < -0.39 is 11.5 Å². The van der Waals surface area contributed by atoms with E-state index in [0.29, 0.717) is 5.56 Å². The molecule has 0 spiro atoms. The highest BCUT2D eigenvalue weighted by Gasteiger charge is 2.46. The van der Waals surface area contributed by atoms with Gasteiger partial charge in [-0.15, -0.1) is 0 Å². The smallest absolute Gasteiger partial charge is 0.0714 e. The lowest BCUT2D eigenvalue weighted by Crippen LogP contribution is -2.28. The van der Waals surface area contributed by atoms with Gasteiger partial charge in [0, 0.05) is 16.9 Å². The minimum absolute atomic E-state index is 0.189. The molecule has 0 saturated heterocycles. The van der Waals surface area contributed by atoms with E-state index in [2.05, 4.69) is 108 Å². The zero-order valence-corrected chi connectivity index (χ0v) is 23.9. The van der Waals surface area contributed by atoms with Crippen LogP contribution in [-0.4, -0.2) is 0 Å². The van der Waals surface area contributed by atoms with Gasteiger partial charge in [0.15, 0.2) is 0 Å². The summed E-state index contributed by atoms with van der Waals surface area (Å²) in [4.78, 5) is 0. The quantitative estimate of drug-likeness (QED) is 0.211. The number of hydrogen-bond acceptors (Lipinski definition) is 1. The van der Waals surface area contributed by atoms with Gasteiger partial charge in [-0.3, -0.25) is 0 Å². The van der Waals surface area contributed by atoms with Gasteiger partial charge in [-0.05, 0) is 74.3 Å². The van der Waals surface area contributed by atoms with E-state index in [1.165, 1.54) is 33.4 Å². The van der Waals surface area contributed by atoms with Crippen molar-refractivity contribution in [2.75, 3.05) is 5.32 Å². The van der Waals surface area contributed by atoms with Crippen LogP contribution in [0.2, 0.25) is 0 Å². The molecule has 0 unspecified atom stereocenters. The zero-order valence-electron chi connectivity index (χ0n) is 28.9. The molecule has 1 N–H and O–H groups in total. The average Bonchev–Trinajstić information content (AvgIpc) is 3.45. The van der Waals surface area contributed by atoms with Crippen LogP contribution in [0.4, 0.5) is 11.4 Å². The van der Waals surface area contributed by atoms with Crippen LogP contribution in [0.5, 0.6) is 0 Å². The van der Waals surface area contributed by atoms with Crippen LogP contribution in [0.15, 0.2) is 182 Å². The van der Waals surface area contributed by atoms with Crippen molar-refractivity contribution in [3.05, 3.63) is 204 Å². The predicted octanol–water partition coefficient (Wildman–Crippen LogP) is 11.1. The second-order valence-electron chi connectivity index (χ2n) is 11.0. The summed E-state index contributed by atoms with van der Waals surface area (Å²) < 4.78 is 41.4. The maximum Gasteiger partial charge on any atom is 0.0714 e. The number of anilines is 2. The van der Waals surface area contributed by atoms with Gasteiger partial charge < -0.3 is 5.32 Å². The Hall–Kier alpha value is -5.66. The van der Waals surface area contributed by atoms with E-state index in [1.807, 2.05) is 42.5 Å². The van der Waals surface area contributed by atoms with Gasteiger partial charge in [0.1, 0.15) is 0 Å². The molecule has 0 heterocycles. The van der Waals surface area contributed by atoms with Crippen molar-refractivity contribution in [2.45, 2.75) is 5.41 Å². The summed E-state index contributed by atoms with van der Waals surface area (Å²) >= 11 is 0. The van der Waals surface area contributed by atoms with Gasteiger partial charge in [-0.2, -0.15) is 0 Å². The molecule has 1 nitrogen and oxygen atoms in total. The lowest BCUT2D eigenvalue weighted by Gasteiger charge is -2.34. The number of benzene rings is 7. The first-order valence-corrected chi connectivity index (χ1v) is 14.8. The van der Waals surface area contributed by atoms with E-state index in [4.69, 9.17) is 6.85 Å². The van der Waals surface area contributed by atoms with Crippen molar-refractivity contribution in [1.82, 2.24) is 0 Å². The lowest BCUT2D eigenvalue weighted by atomic mass is 9.67. The Bertz CT molecular complexity index is 2300. The molecule has 0 radical (unpaired) electrons. The Labute approximate surface area is 266 Å². The largest absolute Gasteiger partial charge is 0.355 e. The highest BCUT2D eigenvalue weighted by atomic mass is 14.9. The van der Waals surface area contributed by atoms with E-state index in [0.717, 1.165) is 22.5 Å². The molecule has 0 fully saturated rings. The average molecular weight is 567 g/mol. The molecule has 7 aromatic carbocycles. The summed E-state index contributed by atoms with van der Waals surface area (Å²) in [6, 6.07) is 50.8. The Morgan fingerprint density at radius 3 is 1.80 bits per heavy atom. The van der Waals surface area contributed by atoms with E-state index in [1.54, 1.807) is 6.07 Å². The molecule has 0 saturated carbocycles. The predicted molar refractivity (Wildman–Crippen MR) is 184 cm³/mol. The standard InChI is InChI=1S/C43H31N/c1-4-15-31(16-5-1)32-17-14-18-33(29-32)37-23-11-13-26-42(37)44-36-27-28-39-38-24-10-12-25-40(38)43(41(39)30-36,34-19-6-2-7-20-34)35-21-8-3-9-22-35/h1-30,44H/i1D,4D,5D,15D,16D. The molecule has 44 heavy (non-hydrogen) atoms. The Morgan fingerprint density at radius 1 is 0.432 bits per heavy atom. The maximum absolute atomic E-state index is 8.52. The van der Waals surface area contributed by atoms with Crippen LogP contribution in [-0.2, 0) is 5.41 Å². The molecule has 0 atom stereocenters. The topological polar surface area (TPSA) is 12.0 Å². The number of nitrogens with one attached hydrogen (secondary N) is 1. The molecule has 1 aliphatic carbocycles. The summed E-state index contributed by atoms with van der Waals surface area (Å²) in [6.45, 7) is 0. The fourth-order valence-electron chi connectivity index (χ4n) is 6.76. The van der Waals surface area contributed by atoms with Gasteiger partial charge in [-0.1, -0.05) is 158 Å². The summed E-state index contributed by atoms with van der Waals surface area (Å²) in [5, 5.41) is 3.72. The van der Waals surface area contributed by atoms with Gasteiger partial charge in [0.25, 0.3) is 0 Å². The Morgan fingerprint density at radius 2 is 1.05 bits per heavy atom. The van der Waals surface area contributed by atoms with Crippen LogP contribution >= 0.6 is 0 Å². The lowest BCUT2D eigenvalue weighted by molar-refractivity contribution is 0.769. The van der Waals surface area contributed by atoms with Gasteiger partial charge in [-0.25, -0.2) is 0 Å². The Balaban J connectivity index is 1.26. The second-order valence-corrected chi connectivity index (χ2v) is 11.0. The van der Waals surface area contributed by atoms with Crippen molar-refractivity contribution in [1.29, 1.82) is 0 Å². The fourth-order valence-corrected chi connectivity index (χ4v) is 6.76. The van der Waals surface area contributed by atoms with Crippen LogP contribution in [0, 0.1) is 0 Å². The highest BCUT2D eigenvalue weighted by Crippen LogP contribution is 2.56. The molecule has 1 heteroatoms. The van der Waals surface area contributed by atoms with Crippen molar-refractivity contribution < 1.29 is 6.85 Å². The molecule has 208 valence electrons. The third kappa shape index (κ3) is 4.25. The highest BCUT2D eigenvalue weighted by molar-refractivity contribution is 5.89. The first-order valence-electron chi connectivity index (χ1n) is 17.3. The minimum atomic E-state index is -0.510. The molecule has 0 aromatic heterocycles. The minimum Gasteiger partial charge on any atom is -0.355 e. The normalized spacial score (nSPS) is 14.3. The third-order valence-electron chi connectivity index (χ3n) is 8.63. The van der Waals surface area contributed by atoms with E-state index in [9.17, 15) is 0 Å². The number of rotatable bonds is 6. The second kappa shape index (κ2) is 10.9. The Kier molecular flexibility index (Phi) is 5.21. The molecular formula is C43H31N. The molecule has 1 aliphatic rings. The van der Waals surface area contributed by atoms with Crippen molar-refractivity contribution in [2.24, 2.45) is 0 Å². The molecule has 7 aromatic rings. The molecule has 0 bridgehead atoms. The summed E-state index contributed by atoms with van der Waals surface area (Å²) in [5.74, 6) is 0. The van der Waals surface area contributed by atoms with Crippen molar-refractivity contribution >= 4 is 11.4 Å². The summed E-state index contributed by atoms with van der Waals surface area (Å²) in [7, 11) is 0. The monoisotopic (exact) mass is 566 g/mol. The molecular weight excluding hydrogens is 530 g/mol. The number of para-hydroxylation sites is 1. The van der Waals surface area contributed by atoms with Gasteiger partial charge >= 0.3 is 0 Å².